The molecular weight excluding hydrogens is 268 g/mol. The number of hydrogen-bond donors (Lipinski definition) is 2. The summed E-state index contributed by atoms with van der Waals surface area (Å²) in [6, 6.07) is 10.1. The predicted molar refractivity (Wildman–Crippen MR) is 98.0 cm³/mol. The van der Waals surface area contributed by atoms with Gasteiger partial charge in [0.05, 0.1) is 0 Å². The second-order valence-corrected chi connectivity index (χ2v) is 6.93. The average Bonchev–Trinajstić information content (AvgIpc) is 2.56. The quantitative estimate of drug-likeness (QED) is 0.652. The molecule has 1 rings (SSSR count). The Morgan fingerprint density at radius 1 is 0.682 bits per heavy atom. The van der Waals surface area contributed by atoms with Gasteiger partial charge in [0.25, 0.3) is 0 Å². The fourth-order valence-electron chi connectivity index (χ4n) is 2.44. The van der Waals surface area contributed by atoms with Crippen LogP contribution in [0.4, 0.5) is 0 Å². The Balaban J connectivity index is 2.40. The molecule has 2 nitrogen and oxygen atoms in total. The van der Waals surface area contributed by atoms with Gasteiger partial charge in [-0.15, -0.1) is 0 Å². The van der Waals surface area contributed by atoms with Crippen molar-refractivity contribution in [3.63, 3.8) is 0 Å². The van der Waals surface area contributed by atoms with E-state index in [1.807, 2.05) is 0 Å². The lowest BCUT2D eigenvalue weighted by Gasteiger charge is -2.21. The van der Waals surface area contributed by atoms with Crippen LogP contribution in [0.2, 0.25) is 0 Å². The first-order chi connectivity index (χ1) is 10.5. The van der Waals surface area contributed by atoms with Gasteiger partial charge in [0, 0.05) is 25.2 Å². The molecule has 0 bridgehead atoms. The summed E-state index contributed by atoms with van der Waals surface area (Å²) in [5.74, 6) is 1.45. The summed E-state index contributed by atoms with van der Waals surface area (Å²) in [4.78, 5) is 0. The highest BCUT2D eigenvalue weighted by molar-refractivity contribution is 5.22. The number of hydrogen-bond acceptors (Lipinski definition) is 2. The van der Waals surface area contributed by atoms with E-state index in [0.29, 0.717) is 12.1 Å². The zero-order valence-corrected chi connectivity index (χ0v) is 15.4. The van der Waals surface area contributed by atoms with Crippen molar-refractivity contribution in [2.75, 3.05) is 0 Å². The van der Waals surface area contributed by atoms with Crippen LogP contribution in [0.3, 0.4) is 0 Å². The molecule has 2 N–H and O–H groups in total. The van der Waals surface area contributed by atoms with Gasteiger partial charge in [0.1, 0.15) is 0 Å². The third-order valence-corrected chi connectivity index (χ3v) is 5.27. The molecule has 22 heavy (non-hydrogen) atoms. The van der Waals surface area contributed by atoms with E-state index in [2.05, 4.69) is 76.4 Å². The molecule has 1 aromatic rings. The van der Waals surface area contributed by atoms with Crippen molar-refractivity contribution in [3.8, 4) is 0 Å². The summed E-state index contributed by atoms with van der Waals surface area (Å²) in [7, 11) is 0. The minimum absolute atomic E-state index is 0.572. The normalized spacial score (nSPS) is 17.0. The molecule has 0 fully saturated rings. The van der Waals surface area contributed by atoms with Gasteiger partial charge in [0.15, 0.2) is 0 Å². The van der Waals surface area contributed by atoms with Crippen molar-refractivity contribution in [2.24, 2.45) is 11.8 Å². The SMILES string of the molecule is CCC(C)C(C)NCc1ccc(CNC(C)C(C)CC)cc1. The summed E-state index contributed by atoms with van der Waals surface area (Å²) >= 11 is 0. The third kappa shape index (κ3) is 6.50. The van der Waals surface area contributed by atoms with E-state index in [1.165, 1.54) is 24.0 Å². The topological polar surface area (TPSA) is 24.1 Å². The van der Waals surface area contributed by atoms with Gasteiger partial charge in [-0.1, -0.05) is 64.8 Å². The minimum Gasteiger partial charge on any atom is -0.310 e. The molecule has 0 saturated carbocycles. The van der Waals surface area contributed by atoms with Gasteiger partial charge in [0.2, 0.25) is 0 Å². The van der Waals surface area contributed by atoms with E-state index in [1.54, 1.807) is 0 Å². The predicted octanol–water partition coefficient (Wildman–Crippen LogP) is 4.74. The summed E-state index contributed by atoms with van der Waals surface area (Å²) in [6.07, 6.45) is 2.46. The lowest BCUT2D eigenvalue weighted by Crippen LogP contribution is -2.31. The van der Waals surface area contributed by atoms with E-state index in [-0.39, 0.29) is 0 Å². The highest BCUT2D eigenvalue weighted by Gasteiger charge is 2.10. The van der Waals surface area contributed by atoms with E-state index in [4.69, 9.17) is 0 Å². The fourth-order valence-corrected chi connectivity index (χ4v) is 2.44. The minimum atomic E-state index is 0.572. The average molecular weight is 305 g/mol. The molecule has 0 saturated heterocycles. The maximum atomic E-state index is 3.63. The van der Waals surface area contributed by atoms with Gasteiger partial charge >= 0.3 is 0 Å². The first-order valence-electron chi connectivity index (χ1n) is 9.02. The fraction of sp³-hybridized carbons (Fsp3) is 0.700. The van der Waals surface area contributed by atoms with Crippen LogP contribution in [-0.2, 0) is 13.1 Å². The lowest BCUT2D eigenvalue weighted by atomic mass is 10.0. The first-order valence-corrected chi connectivity index (χ1v) is 9.02. The largest absolute Gasteiger partial charge is 0.310 e. The highest BCUT2D eigenvalue weighted by Crippen LogP contribution is 2.11. The maximum absolute atomic E-state index is 3.63. The Labute approximate surface area is 138 Å². The van der Waals surface area contributed by atoms with Crippen LogP contribution >= 0.6 is 0 Å². The number of rotatable bonds is 10. The van der Waals surface area contributed by atoms with Crippen LogP contribution in [0.15, 0.2) is 24.3 Å². The molecule has 0 aliphatic rings. The third-order valence-electron chi connectivity index (χ3n) is 5.27. The van der Waals surface area contributed by atoms with Gasteiger partial charge in [-0.05, 0) is 36.8 Å². The van der Waals surface area contributed by atoms with Gasteiger partial charge < -0.3 is 10.6 Å². The molecule has 0 spiro atoms. The molecule has 2 heteroatoms. The van der Waals surface area contributed by atoms with Crippen LogP contribution in [0, 0.1) is 11.8 Å². The number of benzene rings is 1. The van der Waals surface area contributed by atoms with Crippen molar-refractivity contribution >= 4 is 0 Å². The van der Waals surface area contributed by atoms with Crippen molar-refractivity contribution in [2.45, 2.75) is 79.6 Å². The molecular formula is C20H36N2. The van der Waals surface area contributed by atoms with E-state index in [9.17, 15) is 0 Å². The Morgan fingerprint density at radius 3 is 1.27 bits per heavy atom. The molecule has 0 radical (unpaired) electrons. The van der Waals surface area contributed by atoms with Crippen molar-refractivity contribution in [1.82, 2.24) is 10.6 Å². The van der Waals surface area contributed by atoms with Crippen LogP contribution in [0.5, 0.6) is 0 Å². The molecule has 0 aliphatic carbocycles. The second-order valence-electron chi connectivity index (χ2n) is 6.93. The summed E-state index contributed by atoms with van der Waals surface area (Å²) < 4.78 is 0. The molecule has 1 aromatic carbocycles. The van der Waals surface area contributed by atoms with E-state index >= 15 is 0 Å². The molecule has 0 heterocycles. The van der Waals surface area contributed by atoms with Crippen molar-refractivity contribution < 1.29 is 0 Å². The highest BCUT2D eigenvalue weighted by atomic mass is 14.9. The summed E-state index contributed by atoms with van der Waals surface area (Å²) in [6.45, 7) is 15.6. The summed E-state index contributed by atoms with van der Waals surface area (Å²) in [5, 5.41) is 7.25. The van der Waals surface area contributed by atoms with Crippen LogP contribution < -0.4 is 10.6 Å². The standard InChI is InChI=1S/C20H36N2/c1-7-15(3)17(5)21-13-19-9-11-20(12-10-19)14-22-18(6)16(4)8-2/h9-12,15-18,21-22H,7-8,13-14H2,1-6H3. The molecule has 0 amide bonds. The Kier molecular flexibility index (Phi) is 8.74. The Morgan fingerprint density at radius 2 is 1.00 bits per heavy atom. The zero-order valence-electron chi connectivity index (χ0n) is 15.4. The maximum Gasteiger partial charge on any atom is 0.0208 e. The first kappa shape index (κ1) is 19.2. The van der Waals surface area contributed by atoms with Gasteiger partial charge in [-0.25, -0.2) is 0 Å². The lowest BCUT2D eigenvalue weighted by molar-refractivity contribution is 0.388. The van der Waals surface area contributed by atoms with E-state index < -0.39 is 0 Å². The van der Waals surface area contributed by atoms with Crippen molar-refractivity contribution in [3.05, 3.63) is 35.4 Å². The zero-order chi connectivity index (χ0) is 16.5. The van der Waals surface area contributed by atoms with Gasteiger partial charge in [-0.2, -0.15) is 0 Å². The van der Waals surface area contributed by atoms with Gasteiger partial charge in [-0.3, -0.25) is 0 Å². The second kappa shape index (κ2) is 10.0. The molecule has 4 unspecified atom stereocenters. The summed E-state index contributed by atoms with van der Waals surface area (Å²) in [5.41, 5.74) is 2.74. The van der Waals surface area contributed by atoms with Crippen molar-refractivity contribution in [1.29, 1.82) is 0 Å². The Bertz CT molecular complexity index is 360. The number of nitrogens with one attached hydrogen (secondary N) is 2. The van der Waals surface area contributed by atoms with Crippen LogP contribution in [0.1, 0.15) is 65.5 Å². The smallest absolute Gasteiger partial charge is 0.0208 e. The molecule has 126 valence electrons. The molecule has 0 aromatic heterocycles. The Hall–Kier alpha value is -0.860. The molecule has 0 aliphatic heterocycles. The monoisotopic (exact) mass is 304 g/mol. The van der Waals surface area contributed by atoms with Crippen LogP contribution in [0.25, 0.3) is 0 Å². The molecule has 4 atom stereocenters. The van der Waals surface area contributed by atoms with E-state index in [0.717, 1.165) is 24.9 Å². The van der Waals surface area contributed by atoms with Crippen LogP contribution in [-0.4, -0.2) is 12.1 Å².